The van der Waals surface area contributed by atoms with Gasteiger partial charge in [0.2, 0.25) is 17.5 Å². The summed E-state index contributed by atoms with van der Waals surface area (Å²) >= 11 is 2.25. The number of esters is 1. The maximum atomic E-state index is 13.0. The molecule has 1 aliphatic rings. The number of carbonyl (C=O) groups is 3. The summed E-state index contributed by atoms with van der Waals surface area (Å²) in [5.41, 5.74) is 1.72. The van der Waals surface area contributed by atoms with Gasteiger partial charge in [-0.3, -0.25) is 9.59 Å². The van der Waals surface area contributed by atoms with Gasteiger partial charge < -0.3 is 24.6 Å². The smallest absolute Gasteiger partial charge is 0.341 e. The van der Waals surface area contributed by atoms with Crippen molar-refractivity contribution >= 4 is 45.9 Å². The molecule has 3 aromatic rings. The Kier molecular flexibility index (Phi) is 6.89. The Labute approximate surface area is 203 Å². The standard InChI is InChI=1S/C22H22N4O6S2/c1-12(33-20-22(30)32-24-26(20)14-7-5-4-6-8-14)18(28)23-19-17(21(29)31-3)15-9-10-25(13(2)27)11-16(15)34-19/h4-8,12H,9-11H2,1-3H3,(H-,23,24,28,29,30). The quantitative estimate of drug-likeness (QED) is 0.307. The number of carbonyl (C=O) groups excluding carboxylic acids is 3. The fraction of sp³-hybridized carbons (Fsp3) is 0.318. The van der Waals surface area contributed by atoms with Gasteiger partial charge in [-0.05, 0) is 35.4 Å². The first-order valence-electron chi connectivity index (χ1n) is 10.4. The number of nitrogens with zero attached hydrogens (tertiary/aromatic N) is 3. The van der Waals surface area contributed by atoms with Gasteiger partial charge in [-0.2, -0.15) is 0 Å². The van der Waals surface area contributed by atoms with Crippen LogP contribution in [0.15, 0.2) is 39.9 Å². The molecule has 4 rings (SSSR count). The van der Waals surface area contributed by atoms with Crippen LogP contribution in [0.3, 0.4) is 0 Å². The lowest BCUT2D eigenvalue weighted by atomic mass is 10.0. The number of hydrogen-bond acceptors (Lipinski definition) is 9. The van der Waals surface area contributed by atoms with Gasteiger partial charge in [-0.25, -0.2) is 4.79 Å². The van der Waals surface area contributed by atoms with Crippen LogP contribution in [0.5, 0.6) is 5.95 Å². The topological polar surface area (TPSA) is 129 Å². The molecule has 0 bridgehead atoms. The molecule has 0 aliphatic carbocycles. The molecule has 10 nitrogen and oxygen atoms in total. The van der Waals surface area contributed by atoms with Gasteiger partial charge in [0.25, 0.3) is 5.03 Å². The molecule has 1 atom stereocenters. The minimum atomic E-state index is -0.708. The zero-order valence-electron chi connectivity index (χ0n) is 18.7. The lowest BCUT2D eigenvalue weighted by Crippen LogP contribution is -2.36. The van der Waals surface area contributed by atoms with E-state index < -0.39 is 23.1 Å². The molecule has 3 heterocycles. The van der Waals surface area contributed by atoms with E-state index in [4.69, 9.17) is 9.26 Å². The van der Waals surface area contributed by atoms with Crippen LogP contribution in [0.1, 0.15) is 34.6 Å². The van der Waals surface area contributed by atoms with Gasteiger partial charge in [-0.1, -0.05) is 18.2 Å². The SMILES string of the molecule is COC(=O)c1c(NC(=O)C(C)Sc2c([O-])on[n+]2-c2ccccc2)sc2c1CCN(C(C)=O)C2. The molecule has 12 heteroatoms. The van der Waals surface area contributed by atoms with E-state index in [9.17, 15) is 19.5 Å². The lowest BCUT2D eigenvalue weighted by Gasteiger charge is -2.25. The molecule has 0 radical (unpaired) electrons. The van der Waals surface area contributed by atoms with Gasteiger partial charge in [-0.15, -0.1) is 11.3 Å². The highest BCUT2D eigenvalue weighted by atomic mass is 32.2. The molecule has 2 aromatic heterocycles. The number of ether oxygens (including phenoxy) is 1. The van der Waals surface area contributed by atoms with Crippen LogP contribution in [0.2, 0.25) is 0 Å². The predicted molar refractivity (Wildman–Crippen MR) is 122 cm³/mol. The molecule has 34 heavy (non-hydrogen) atoms. The van der Waals surface area contributed by atoms with Gasteiger partial charge in [0.15, 0.2) is 5.95 Å². The van der Waals surface area contributed by atoms with Crippen molar-refractivity contribution in [1.82, 2.24) is 10.2 Å². The molecule has 1 unspecified atom stereocenters. The molecule has 1 N–H and O–H groups in total. The first-order valence-corrected chi connectivity index (χ1v) is 12.1. The second-order valence-corrected chi connectivity index (χ2v) is 9.99. The number of benzene rings is 1. The summed E-state index contributed by atoms with van der Waals surface area (Å²) in [7, 11) is 1.28. The highest BCUT2D eigenvalue weighted by molar-refractivity contribution is 8.00. The third-order valence-electron chi connectivity index (χ3n) is 5.36. The van der Waals surface area contributed by atoms with Gasteiger partial charge >= 0.3 is 5.97 Å². The van der Waals surface area contributed by atoms with Crippen molar-refractivity contribution in [3.8, 4) is 11.6 Å². The van der Waals surface area contributed by atoms with Crippen molar-refractivity contribution in [2.24, 2.45) is 0 Å². The summed E-state index contributed by atoms with van der Waals surface area (Å²) in [6.07, 6.45) is 0.493. The van der Waals surface area contributed by atoms with E-state index in [0.29, 0.717) is 35.8 Å². The Balaban J connectivity index is 1.56. The zero-order chi connectivity index (χ0) is 24.4. The monoisotopic (exact) mass is 502 g/mol. The normalized spacial score (nSPS) is 13.8. The van der Waals surface area contributed by atoms with E-state index in [-0.39, 0.29) is 10.9 Å². The van der Waals surface area contributed by atoms with E-state index in [1.807, 2.05) is 6.07 Å². The molecule has 2 amide bonds. The minimum absolute atomic E-state index is 0.0527. The van der Waals surface area contributed by atoms with E-state index in [1.54, 1.807) is 36.1 Å². The summed E-state index contributed by atoms with van der Waals surface area (Å²) in [6, 6.07) is 8.96. The molecule has 0 saturated carbocycles. The van der Waals surface area contributed by atoms with Gasteiger partial charge in [0.1, 0.15) is 5.00 Å². The van der Waals surface area contributed by atoms with E-state index in [1.165, 1.54) is 30.1 Å². The van der Waals surface area contributed by atoms with Gasteiger partial charge in [0, 0.05) is 30.5 Å². The van der Waals surface area contributed by atoms with Crippen LogP contribution in [-0.4, -0.2) is 46.9 Å². The molecule has 178 valence electrons. The number of amides is 2. The fourth-order valence-corrected chi connectivity index (χ4v) is 5.71. The van der Waals surface area contributed by atoms with Crippen LogP contribution >= 0.6 is 23.1 Å². The van der Waals surface area contributed by atoms with Crippen molar-refractivity contribution in [2.75, 3.05) is 19.0 Å². The van der Waals surface area contributed by atoms with Crippen molar-refractivity contribution < 1.29 is 33.4 Å². The summed E-state index contributed by atoms with van der Waals surface area (Å²) in [5, 5.41) is 18.6. The number of para-hydroxylation sites is 1. The zero-order valence-corrected chi connectivity index (χ0v) is 20.3. The largest absolute Gasteiger partial charge is 0.538 e. The third kappa shape index (κ3) is 4.64. The summed E-state index contributed by atoms with van der Waals surface area (Å²) in [4.78, 5) is 39.9. The number of fused-ring (bicyclic) bond motifs is 1. The minimum Gasteiger partial charge on any atom is -0.538 e. The van der Waals surface area contributed by atoms with E-state index >= 15 is 0 Å². The number of nitrogens with one attached hydrogen (secondary N) is 1. The number of anilines is 1. The Hall–Kier alpha value is -3.38. The lowest BCUT2D eigenvalue weighted by molar-refractivity contribution is -0.705. The van der Waals surface area contributed by atoms with E-state index in [2.05, 4.69) is 10.6 Å². The maximum Gasteiger partial charge on any atom is 0.341 e. The number of aromatic nitrogens is 2. The Morgan fingerprint density at radius 1 is 1.32 bits per heavy atom. The fourth-order valence-electron chi connectivity index (χ4n) is 3.58. The second kappa shape index (κ2) is 9.85. The molecule has 0 spiro atoms. The predicted octanol–water partition coefficient (Wildman–Crippen LogP) is 1.90. The molecular weight excluding hydrogens is 480 g/mol. The Bertz CT molecular complexity index is 1240. The molecule has 0 saturated heterocycles. The Morgan fingerprint density at radius 3 is 2.74 bits per heavy atom. The Morgan fingerprint density at radius 2 is 2.06 bits per heavy atom. The second-order valence-electron chi connectivity index (χ2n) is 7.55. The molecular formula is C22H22N4O6S2. The van der Waals surface area contributed by atoms with E-state index in [0.717, 1.165) is 22.2 Å². The van der Waals surface area contributed by atoms with Gasteiger partial charge in [0.05, 0.1) is 29.7 Å². The maximum absolute atomic E-state index is 13.0. The number of hydrogen-bond donors (Lipinski definition) is 1. The summed E-state index contributed by atoms with van der Waals surface area (Å²) < 4.78 is 11.1. The highest BCUT2D eigenvalue weighted by Crippen LogP contribution is 2.38. The average Bonchev–Trinajstić information content (AvgIpc) is 3.38. The average molecular weight is 503 g/mol. The van der Waals surface area contributed by atoms with Crippen molar-refractivity contribution in [1.29, 1.82) is 0 Å². The highest BCUT2D eigenvalue weighted by Gasteiger charge is 2.32. The molecule has 0 fully saturated rings. The van der Waals surface area contributed by atoms with Crippen LogP contribution in [0.4, 0.5) is 5.00 Å². The molecule has 1 aromatic carbocycles. The van der Waals surface area contributed by atoms with Crippen LogP contribution in [-0.2, 0) is 27.3 Å². The van der Waals surface area contributed by atoms with Crippen molar-refractivity contribution in [2.45, 2.75) is 37.1 Å². The first kappa shape index (κ1) is 23.8. The summed E-state index contributed by atoms with van der Waals surface area (Å²) in [5.74, 6) is -1.66. The first-order chi connectivity index (χ1) is 16.3. The number of thiophene rings is 1. The number of methoxy groups -OCH3 is 1. The third-order valence-corrected chi connectivity index (χ3v) is 7.62. The van der Waals surface area contributed by atoms with Crippen LogP contribution in [0, 0.1) is 0 Å². The van der Waals surface area contributed by atoms with Crippen molar-refractivity contribution in [3.05, 3.63) is 46.3 Å². The summed E-state index contributed by atoms with van der Waals surface area (Å²) in [6.45, 7) is 4.00. The van der Waals surface area contributed by atoms with Crippen molar-refractivity contribution in [3.63, 3.8) is 0 Å². The molecule has 1 aliphatic heterocycles. The number of rotatable bonds is 6. The van der Waals surface area contributed by atoms with Crippen LogP contribution in [0.25, 0.3) is 5.69 Å². The number of thioether (sulfide) groups is 1. The van der Waals surface area contributed by atoms with Crippen LogP contribution < -0.4 is 15.1 Å².